The zero-order valence-corrected chi connectivity index (χ0v) is 16.5. The molecule has 0 saturated heterocycles. The van der Waals surface area contributed by atoms with Crippen LogP contribution in [-0.4, -0.2) is 29.9 Å². The Balaban J connectivity index is 1.35. The van der Waals surface area contributed by atoms with E-state index in [1.54, 1.807) is 6.07 Å². The predicted molar refractivity (Wildman–Crippen MR) is 114 cm³/mol. The van der Waals surface area contributed by atoms with Gasteiger partial charge in [-0.1, -0.05) is 24.3 Å². The van der Waals surface area contributed by atoms with Crippen molar-refractivity contribution in [3.05, 3.63) is 71.8 Å². The average Bonchev–Trinajstić information content (AvgIpc) is 3.42. The molecule has 8 nitrogen and oxygen atoms in total. The molecule has 0 aliphatic carbocycles. The third kappa shape index (κ3) is 4.04. The number of H-pyrrole nitrogens is 2. The fraction of sp³-hybridized carbons (Fsp3) is 0.143. The van der Waals surface area contributed by atoms with Gasteiger partial charge in [-0.2, -0.15) is 23.1 Å². The van der Waals surface area contributed by atoms with Crippen molar-refractivity contribution in [2.75, 3.05) is 10.6 Å². The van der Waals surface area contributed by atoms with E-state index in [-0.39, 0.29) is 12.5 Å². The number of nitrogens with one attached hydrogen (secondary N) is 4. The van der Waals surface area contributed by atoms with Crippen molar-refractivity contribution in [1.82, 2.24) is 29.9 Å². The Labute approximate surface area is 179 Å². The van der Waals surface area contributed by atoms with Gasteiger partial charge in [0.05, 0.1) is 29.5 Å². The molecule has 0 unspecified atom stereocenters. The summed E-state index contributed by atoms with van der Waals surface area (Å²) in [6.45, 7) is 0.510. The van der Waals surface area contributed by atoms with Gasteiger partial charge in [-0.15, -0.1) is 0 Å². The van der Waals surface area contributed by atoms with Gasteiger partial charge in [-0.25, -0.2) is 9.97 Å². The van der Waals surface area contributed by atoms with Crippen LogP contribution in [0.1, 0.15) is 17.0 Å². The molecule has 11 heteroatoms. The smallest absolute Gasteiger partial charge is 0.361 e. The second-order valence-corrected chi connectivity index (χ2v) is 7.10. The highest BCUT2D eigenvalue weighted by molar-refractivity contribution is 5.83. The van der Waals surface area contributed by atoms with Crippen molar-refractivity contribution < 1.29 is 13.2 Å². The number of fused-ring (bicyclic) bond motifs is 2. The number of benzene rings is 2. The summed E-state index contributed by atoms with van der Waals surface area (Å²) in [5, 5.41) is 6.19. The van der Waals surface area contributed by atoms with Crippen LogP contribution in [0.2, 0.25) is 0 Å². The van der Waals surface area contributed by atoms with Gasteiger partial charge in [0.1, 0.15) is 11.3 Å². The second kappa shape index (κ2) is 7.84. The van der Waals surface area contributed by atoms with E-state index in [9.17, 15) is 13.2 Å². The quantitative estimate of drug-likeness (QED) is 0.312. The normalized spacial score (nSPS) is 11.8. The summed E-state index contributed by atoms with van der Waals surface area (Å²) < 4.78 is 38.8. The van der Waals surface area contributed by atoms with Gasteiger partial charge in [-0.3, -0.25) is 0 Å². The van der Waals surface area contributed by atoms with Gasteiger partial charge in [0.25, 0.3) is 0 Å². The number of alkyl halides is 3. The van der Waals surface area contributed by atoms with Gasteiger partial charge in [0.2, 0.25) is 5.95 Å². The topological polar surface area (TPSA) is 107 Å². The molecule has 0 bridgehead atoms. The summed E-state index contributed by atoms with van der Waals surface area (Å²) in [6.07, 6.45) is -2.89. The molecule has 2 aromatic carbocycles. The lowest BCUT2D eigenvalue weighted by atomic mass is 10.1. The zero-order chi connectivity index (χ0) is 22.1. The molecule has 0 atom stereocenters. The molecular weight excluding hydrogens is 421 g/mol. The van der Waals surface area contributed by atoms with Gasteiger partial charge in [0.15, 0.2) is 11.5 Å². The Morgan fingerprint density at radius 1 is 0.906 bits per heavy atom. The van der Waals surface area contributed by atoms with Gasteiger partial charge < -0.3 is 20.6 Å². The van der Waals surface area contributed by atoms with Crippen molar-refractivity contribution in [2.24, 2.45) is 0 Å². The lowest BCUT2D eigenvalue weighted by Gasteiger charge is -2.11. The number of halogens is 3. The van der Waals surface area contributed by atoms with Crippen molar-refractivity contribution in [3.8, 4) is 0 Å². The van der Waals surface area contributed by atoms with Crippen molar-refractivity contribution >= 4 is 34.0 Å². The molecule has 4 N–H and O–H groups in total. The first-order valence-electron chi connectivity index (χ1n) is 9.74. The number of nitrogens with zero attached hydrogens (tertiary/aromatic N) is 4. The van der Waals surface area contributed by atoms with Crippen LogP contribution < -0.4 is 10.6 Å². The fourth-order valence-corrected chi connectivity index (χ4v) is 3.34. The van der Waals surface area contributed by atoms with Gasteiger partial charge in [0, 0.05) is 6.54 Å². The maximum atomic E-state index is 12.9. The summed E-state index contributed by atoms with van der Waals surface area (Å²) in [5.41, 5.74) is 2.60. The number of hydrogen-bond donors (Lipinski definition) is 4. The minimum absolute atomic E-state index is 0.128. The molecule has 0 fully saturated rings. The van der Waals surface area contributed by atoms with E-state index in [1.165, 1.54) is 12.4 Å². The highest BCUT2D eigenvalue weighted by Crippen LogP contribution is 2.29. The highest BCUT2D eigenvalue weighted by Gasteiger charge is 2.30. The minimum Gasteiger partial charge on any atom is -0.361 e. The van der Waals surface area contributed by atoms with E-state index in [1.807, 2.05) is 24.3 Å². The first-order chi connectivity index (χ1) is 15.5. The monoisotopic (exact) mass is 438 g/mol. The molecule has 0 spiro atoms. The predicted octanol–water partition coefficient (Wildman–Crippen LogP) is 4.47. The van der Waals surface area contributed by atoms with Crippen molar-refractivity contribution in [3.63, 3.8) is 0 Å². The first-order valence-corrected chi connectivity index (χ1v) is 9.74. The number of anilines is 2. The molecule has 0 radical (unpaired) electrons. The largest absolute Gasteiger partial charge is 0.416 e. The Morgan fingerprint density at radius 3 is 2.62 bits per heavy atom. The SMILES string of the molecule is FC(F)(F)c1cccc(CNc2nc(NCc3nc4ccccc4[nH]3)c3[nH]cnc3n2)c1. The Bertz CT molecular complexity index is 1360. The van der Waals surface area contributed by atoms with Crippen LogP contribution in [0.4, 0.5) is 24.9 Å². The van der Waals surface area contributed by atoms with E-state index in [4.69, 9.17) is 0 Å². The summed E-state index contributed by atoms with van der Waals surface area (Å²) in [4.78, 5) is 23.7. The Morgan fingerprint density at radius 2 is 1.78 bits per heavy atom. The zero-order valence-electron chi connectivity index (χ0n) is 16.5. The number of para-hydroxylation sites is 2. The van der Waals surface area contributed by atoms with Crippen LogP contribution in [0.5, 0.6) is 0 Å². The van der Waals surface area contributed by atoms with E-state index < -0.39 is 11.7 Å². The molecule has 3 aromatic heterocycles. The van der Waals surface area contributed by atoms with Gasteiger partial charge >= 0.3 is 6.18 Å². The van der Waals surface area contributed by atoms with E-state index >= 15 is 0 Å². The molecule has 3 heterocycles. The Hall–Kier alpha value is -4.15. The second-order valence-electron chi connectivity index (χ2n) is 7.10. The summed E-state index contributed by atoms with van der Waals surface area (Å²) in [7, 11) is 0. The number of hydrogen-bond acceptors (Lipinski definition) is 6. The molecule has 5 rings (SSSR count). The highest BCUT2D eigenvalue weighted by atomic mass is 19.4. The molecule has 0 amide bonds. The van der Waals surface area contributed by atoms with E-state index in [0.717, 1.165) is 29.0 Å². The molecule has 0 saturated carbocycles. The molecule has 5 aromatic rings. The lowest BCUT2D eigenvalue weighted by Crippen LogP contribution is -2.10. The number of aromatic amines is 2. The third-order valence-electron chi connectivity index (χ3n) is 4.85. The van der Waals surface area contributed by atoms with Crippen LogP contribution >= 0.6 is 0 Å². The molecule has 0 aliphatic heterocycles. The first kappa shape index (κ1) is 19.8. The average molecular weight is 438 g/mol. The summed E-state index contributed by atoms with van der Waals surface area (Å²) in [5.74, 6) is 1.48. The third-order valence-corrected chi connectivity index (χ3v) is 4.85. The summed E-state index contributed by atoms with van der Waals surface area (Å²) in [6, 6.07) is 12.8. The van der Waals surface area contributed by atoms with E-state index in [0.29, 0.717) is 29.1 Å². The lowest BCUT2D eigenvalue weighted by molar-refractivity contribution is -0.137. The Kier molecular flexibility index (Phi) is 4.85. The molecule has 32 heavy (non-hydrogen) atoms. The molecule has 162 valence electrons. The molecular formula is C21H17F3N8. The van der Waals surface area contributed by atoms with Crippen molar-refractivity contribution in [1.29, 1.82) is 0 Å². The van der Waals surface area contributed by atoms with Gasteiger partial charge in [-0.05, 0) is 29.8 Å². The summed E-state index contributed by atoms with van der Waals surface area (Å²) >= 11 is 0. The van der Waals surface area contributed by atoms with Crippen LogP contribution in [0.3, 0.4) is 0 Å². The fourth-order valence-electron chi connectivity index (χ4n) is 3.34. The van der Waals surface area contributed by atoms with Crippen LogP contribution in [-0.2, 0) is 19.3 Å². The van der Waals surface area contributed by atoms with Crippen LogP contribution in [0.25, 0.3) is 22.2 Å². The standard InChI is InChI=1S/C21H17F3N8/c22-21(23,24)13-5-3-4-12(8-13)9-26-20-31-18(17-19(32-20)28-11-27-17)25-10-16-29-14-6-1-2-7-15(14)30-16/h1-8,11H,9-10H2,(H,29,30)(H3,25,26,27,28,31,32). The number of aromatic nitrogens is 6. The molecule has 0 aliphatic rings. The number of rotatable bonds is 6. The maximum absolute atomic E-state index is 12.9. The minimum atomic E-state index is -4.39. The maximum Gasteiger partial charge on any atom is 0.416 e. The van der Waals surface area contributed by atoms with E-state index in [2.05, 4.69) is 40.5 Å². The van der Waals surface area contributed by atoms with Crippen molar-refractivity contribution in [2.45, 2.75) is 19.3 Å². The van der Waals surface area contributed by atoms with Crippen LogP contribution in [0.15, 0.2) is 54.9 Å². The number of imidazole rings is 2. The van der Waals surface area contributed by atoms with Crippen LogP contribution in [0, 0.1) is 0 Å².